The maximum absolute atomic E-state index is 12.9. The molecule has 108 valence electrons. The molecule has 0 heterocycles. The zero-order chi connectivity index (χ0) is 15.2. The summed E-state index contributed by atoms with van der Waals surface area (Å²) in [5, 5.41) is 11.2. The van der Waals surface area contributed by atoms with Gasteiger partial charge in [-0.3, -0.25) is 9.59 Å². The minimum absolute atomic E-state index is 0.109. The van der Waals surface area contributed by atoms with Crippen LogP contribution in [0.1, 0.15) is 26.3 Å². The lowest BCUT2D eigenvalue weighted by Gasteiger charge is -2.09. The third kappa shape index (κ3) is 3.52. The summed E-state index contributed by atoms with van der Waals surface area (Å²) in [6.07, 6.45) is 0. The Bertz CT molecular complexity index is 653. The van der Waals surface area contributed by atoms with Crippen molar-refractivity contribution in [2.75, 3.05) is 13.2 Å². The van der Waals surface area contributed by atoms with E-state index in [2.05, 4.69) is 5.32 Å². The van der Waals surface area contributed by atoms with Crippen LogP contribution < -0.4 is 5.32 Å². The van der Waals surface area contributed by atoms with Crippen LogP contribution in [0.4, 0.5) is 4.39 Å². The van der Waals surface area contributed by atoms with Gasteiger partial charge in [-0.15, -0.1) is 0 Å². The van der Waals surface area contributed by atoms with Crippen LogP contribution >= 0.6 is 0 Å². The Morgan fingerprint density at radius 1 is 1.00 bits per heavy atom. The smallest absolute Gasteiger partial charge is 0.252 e. The van der Waals surface area contributed by atoms with E-state index in [0.717, 1.165) is 0 Å². The second kappa shape index (κ2) is 6.76. The fourth-order valence-corrected chi connectivity index (χ4v) is 1.90. The third-order valence-corrected chi connectivity index (χ3v) is 2.92. The second-order valence-electron chi connectivity index (χ2n) is 4.36. The van der Waals surface area contributed by atoms with Crippen molar-refractivity contribution < 1.29 is 19.1 Å². The molecule has 0 fully saturated rings. The van der Waals surface area contributed by atoms with Gasteiger partial charge in [-0.1, -0.05) is 18.2 Å². The van der Waals surface area contributed by atoms with E-state index in [0.29, 0.717) is 5.56 Å². The number of aliphatic hydroxyl groups is 1. The maximum Gasteiger partial charge on any atom is 0.252 e. The summed E-state index contributed by atoms with van der Waals surface area (Å²) in [6.45, 7) is -0.0717. The number of rotatable bonds is 5. The first-order valence-corrected chi connectivity index (χ1v) is 6.42. The number of hydrogen-bond donors (Lipinski definition) is 2. The first kappa shape index (κ1) is 14.9. The van der Waals surface area contributed by atoms with E-state index < -0.39 is 11.7 Å². The first-order valence-electron chi connectivity index (χ1n) is 6.42. The second-order valence-corrected chi connectivity index (χ2v) is 4.36. The van der Waals surface area contributed by atoms with E-state index in [4.69, 9.17) is 5.11 Å². The van der Waals surface area contributed by atoms with Gasteiger partial charge in [0.15, 0.2) is 5.78 Å². The molecule has 4 nitrogen and oxygen atoms in total. The van der Waals surface area contributed by atoms with Gasteiger partial charge in [0.05, 0.1) is 12.2 Å². The average molecular weight is 287 g/mol. The first-order chi connectivity index (χ1) is 10.1. The normalized spacial score (nSPS) is 10.2. The van der Waals surface area contributed by atoms with E-state index in [1.165, 1.54) is 30.3 Å². The molecular weight excluding hydrogens is 273 g/mol. The predicted molar refractivity (Wildman–Crippen MR) is 75.7 cm³/mol. The van der Waals surface area contributed by atoms with Gasteiger partial charge in [-0.25, -0.2) is 4.39 Å². The molecule has 0 aliphatic heterocycles. The summed E-state index contributed by atoms with van der Waals surface area (Å²) in [7, 11) is 0. The number of carbonyl (C=O) groups is 2. The van der Waals surface area contributed by atoms with Crippen molar-refractivity contribution in [3.05, 3.63) is 71.0 Å². The zero-order valence-corrected chi connectivity index (χ0v) is 11.2. The van der Waals surface area contributed by atoms with Gasteiger partial charge in [0.1, 0.15) is 5.82 Å². The molecular formula is C16H14FNO3. The number of benzene rings is 2. The van der Waals surface area contributed by atoms with Gasteiger partial charge in [0.25, 0.3) is 5.91 Å². The van der Waals surface area contributed by atoms with Crippen LogP contribution in [0, 0.1) is 5.82 Å². The minimum Gasteiger partial charge on any atom is -0.395 e. The van der Waals surface area contributed by atoms with Crippen LogP contribution in [0.3, 0.4) is 0 Å². The van der Waals surface area contributed by atoms with Crippen molar-refractivity contribution in [1.82, 2.24) is 5.32 Å². The van der Waals surface area contributed by atoms with Gasteiger partial charge in [0, 0.05) is 17.7 Å². The van der Waals surface area contributed by atoms with Crippen molar-refractivity contribution in [1.29, 1.82) is 0 Å². The molecule has 0 saturated carbocycles. The Morgan fingerprint density at radius 3 is 2.24 bits per heavy atom. The summed E-state index contributed by atoms with van der Waals surface area (Å²) in [4.78, 5) is 24.4. The highest BCUT2D eigenvalue weighted by atomic mass is 19.1. The summed E-state index contributed by atoms with van der Waals surface area (Å²) < 4.78 is 12.9. The quantitative estimate of drug-likeness (QED) is 0.824. The zero-order valence-electron chi connectivity index (χ0n) is 11.2. The molecule has 2 rings (SSSR count). The van der Waals surface area contributed by atoms with Gasteiger partial charge in [-0.2, -0.15) is 0 Å². The molecule has 2 aromatic rings. The van der Waals surface area contributed by atoms with Crippen molar-refractivity contribution in [2.24, 2.45) is 0 Å². The van der Waals surface area contributed by atoms with Gasteiger partial charge >= 0.3 is 0 Å². The lowest BCUT2D eigenvalue weighted by Crippen LogP contribution is -2.28. The van der Waals surface area contributed by atoms with Crippen molar-refractivity contribution in [3.63, 3.8) is 0 Å². The number of carbonyl (C=O) groups excluding carboxylic acids is 2. The SMILES string of the molecule is O=C(NCCO)c1ccccc1C(=O)c1ccc(F)cc1. The largest absolute Gasteiger partial charge is 0.395 e. The molecule has 0 radical (unpaired) electrons. The monoisotopic (exact) mass is 287 g/mol. The Hall–Kier alpha value is -2.53. The van der Waals surface area contributed by atoms with Crippen LogP contribution in [0.2, 0.25) is 0 Å². The molecule has 0 saturated heterocycles. The van der Waals surface area contributed by atoms with Gasteiger partial charge in [0.2, 0.25) is 0 Å². The lowest BCUT2D eigenvalue weighted by atomic mass is 9.98. The molecule has 2 aromatic carbocycles. The van der Waals surface area contributed by atoms with E-state index >= 15 is 0 Å². The molecule has 0 aliphatic carbocycles. The topological polar surface area (TPSA) is 66.4 Å². The summed E-state index contributed by atoms with van der Waals surface area (Å²) >= 11 is 0. The van der Waals surface area contributed by atoms with Crippen LogP contribution in [-0.2, 0) is 0 Å². The molecule has 0 spiro atoms. The predicted octanol–water partition coefficient (Wildman–Crippen LogP) is 1.78. The van der Waals surface area contributed by atoms with Crippen LogP contribution in [0.5, 0.6) is 0 Å². The Balaban J connectivity index is 2.33. The minimum atomic E-state index is -0.435. The Labute approximate surface area is 121 Å². The van der Waals surface area contributed by atoms with Crippen LogP contribution in [-0.4, -0.2) is 29.9 Å². The molecule has 21 heavy (non-hydrogen) atoms. The lowest BCUT2D eigenvalue weighted by molar-refractivity contribution is 0.0934. The number of nitrogens with one attached hydrogen (secondary N) is 1. The molecule has 0 bridgehead atoms. The highest BCUT2D eigenvalue weighted by Crippen LogP contribution is 2.15. The van der Waals surface area contributed by atoms with Crippen LogP contribution in [0.25, 0.3) is 0 Å². The number of halogens is 1. The number of aliphatic hydroxyl groups excluding tert-OH is 1. The summed E-state index contributed by atoms with van der Waals surface area (Å²) in [5.74, 6) is -1.22. The van der Waals surface area contributed by atoms with Crippen LogP contribution in [0.15, 0.2) is 48.5 Å². The third-order valence-electron chi connectivity index (χ3n) is 2.92. The number of ketones is 1. The molecule has 0 unspecified atom stereocenters. The van der Waals surface area contributed by atoms with E-state index in [9.17, 15) is 14.0 Å². The highest BCUT2D eigenvalue weighted by Gasteiger charge is 2.17. The maximum atomic E-state index is 12.9. The summed E-state index contributed by atoms with van der Waals surface area (Å²) in [6, 6.07) is 11.5. The molecule has 2 N–H and O–H groups in total. The van der Waals surface area contributed by atoms with E-state index in [-0.39, 0.29) is 30.1 Å². The fourth-order valence-electron chi connectivity index (χ4n) is 1.90. The van der Waals surface area contributed by atoms with Crippen molar-refractivity contribution in [3.8, 4) is 0 Å². The van der Waals surface area contributed by atoms with E-state index in [1.807, 2.05) is 0 Å². The highest BCUT2D eigenvalue weighted by molar-refractivity contribution is 6.15. The van der Waals surface area contributed by atoms with Gasteiger partial charge < -0.3 is 10.4 Å². The van der Waals surface area contributed by atoms with Gasteiger partial charge in [-0.05, 0) is 30.3 Å². The molecule has 1 amide bonds. The van der Waals surface area contributed by atoms with E-state index in [1.54, 1.807) is 18.2 Å². The molecule has 0 atom stereocenters. The fraction of sp³-hybridized carbons (Fsp3) is 0.125. The summed E-state index contributed by atoms with van der Waals surface area (Å²) in [5.41, 5.74) is 0.763. The van der Waals surface area contributed by atoms with Crippen molar-refractivity contribution >= 4 is 11.7 Å². The Morgan fingerprint density at radius 2 is 1.62 bits per heavy atom. The average Bonchev–Trinajstić information content (AvgIpc) is 2.52. The molecule has 0 aliphatic rings. The molecule has 5 heteroatoms. The van der Waals surface area contributed by atoms with Crippen molar-refractivity contribution in [2.45, 2.75) is 0 Å². The Kier molecular flexibility index (Phi) is 4.79. The molecule has 0 aromatic heterocycles. The number of hydrogen-bond acceptors (Lipinski definition) is 3. The number of amides is 1. The standard InChI is InChI=1S/C16H14FNO3/c17-12-7-5-11(6-8-12)15(20)13-3-1-2-4-14(13)16(21)18-9-10-19/h1-8,19H,9-10H2,(H,18,21).